The number of morpholine rings is 1. The first-order valence-electron chi connectivity index (χ1n) is 9.88. The molecule has 1 aromatic carbocycles. The van der Waals surface area contributed by atoms with Gasteiger partial charge in [-0.25, -0.2) is 0 Å². The Balaban J connectivity index is 1.50. The lowest BCUT2D eigenvalue weighted by atomic mass is 10.0. The van der Waals surface area contributed by atoms with Gasteiger partial charge in [0.2, 0.25) is 0 Å². The number of thiocarbonyl (C=S) groups is 1. The Morgan fingerprint density at radius 3 is 2.53 bits per heavy atom. The SMILES string of the molecule is S=C1N[C@@H](c2ccccn2)[C@H](c2cc(Br)cs2)N1c1ccc(N2CCOCC2)cc1. The zero-order chi connectivity index (χ0) is 20.5. The molecule has 1 N–H and O–H groups in total. The smallest absolute Gasteiger partial charge is 0.174 e. The molecule has 5 nitrogen and oxygen atoms in total. The van der Waals surface area contributed by atoms with Crippen molar-refractivity contribution < 1.29 is 4.74 Å². The molecule has 0 radical (unpaired) electrons. The second kappa shape index (κ2) is 8.63. The molecule has 4 heterocycles. The quantitative estimate of drug-likeness (QED) is 0.512. The molecular weight excluding hydrogens is 480 g/mol. The molecule has 0 saturated carbocycles. The number of aromatic nitrogens is 1. The van der Waals surface area contributed by atoms with Crippen molar-refractivity contribution in [3.8, 4) is 0 Å². The summed E-state index contributed by atoms with van der Waals surface area (Å²) >= 11 is 11.1. The van der Waals surface area contributed by atoms with Gasteiger partial charge in [0.05, 0.1) is 31.0 Å². The molecule has 0 bridgehead atoms. The molecular formula is C22H21BrN4OS2. The lowest BCUT2D eigenvalue weighted by Crippen LogP contribution is -2.36. The largest absolute Gasteiger partial charge is 0.378 e. The number of nitrogens with one attached hydrogen (secondary N) is 1. The third-order valence-corrected chi connectivity index (χ3v) is 7.56. The number of ether oxygens (including phenoxy) is 1. The highest BCUT2D eigenvalue weighted by Gasteiger charge is 2.41. The fourth-order valence-corrected chi connectivity index (χ4v) is 5.97. The van der Waals surface area contributed by atoms with Gasteiger partial charge in [-0.3, -0.25) is 4.98 Å². The van der Waals surface area contributed by atoms with Crippen molar-refractivity contribution in [3.05, 3.63) is 75.2 Å². The number of rotatable bonds is 4. The third-order valence-electron chi connectivity index (χ3n) is 5.48. The van der Waals surface area contributed by atoms with Gasteiger partial charge in [0, 0.05) is 45.4 Å². The van der Waals surface area contributed by atoms with Gasteiger partial charge in [-0.15, -0.1) is 11.3 Å². The summed E-state index contributed by atoms with van der Waals surface area (Å²) in [6.07, 6.45) is 1.83. The summed E-state index contributed by atoms with van der Waals surface area (Å²) in [6, 6.07) is 16.9. The second-order valence-corrected chi connectivity index (χ2v) is 9.52. The first-order valence-corrected chi connectivity index (χ1v) is 12.0. The number of benzene rings is 1. The van der Waals surface area contributed by atoms with Gasteiger partial charge in [0.15, 0.2) is 5.11 Å². The van der Waals surface area contributed by atoms with Crippen molar-refractivity contribution in [2.75, 3.05) is 36.1 Å². The zero-order valence-corrected chi connectivity index (χ0v) is 19.4. The minimum atomic E-state index is -0.0110. The number of nitrogens with zero attached hydrogens (tertiary/aromatic N) is 3. The summed E-state index contributed by atoms with van der Waals surface area (Å²) in [5, 5.41) is 6.35. The zero-order valence-electron chi connectivity index (χ0n) is 16.2. The molecule has 8 heteroatoms. The van der Waals surface area contributed by atoms with Crippen LogP contribution in [0.25, 0.3) is 0 Å². The van der Waals surface area contributed by atoms with E-state index < -0.39 is 0 Å². The average Bonchev–Trinajstić information content (AvgIpc) is 3.38. The summed E-state index contributed by atoms with van der Waals surface area (Å²) in [5.41, 5.74) is 3.29. The van der Waals surface area contributed by atoms with E-state index in [1.54, 1.807) is 11.3 Å². The van der Waals surface area contributed by atoms with Crippen LogP contribution in [0.2, 0.25) is 0 Å². The van der Waals surface area contributed by atoms with Gasteiger partial charge >= 0.3 is 0 Å². The number of hydrogen-bond donors (Lipinski definition) is 1. The molecule has 5 rings (SSSR count). The Bertz CT molecular complexity index is 1020. The van der Waals surface area contributed by atoms with E-state index in [1.807, 2.05) is 18.3 Å². The minimum absolute atomic E-state index is 0.0110. The average molecular weight is 501 g/mol. The summed E-state index contributed by atoms with van der Waals surface area (Å²) in [7, 11) is 0. The molecule has 2 fully saturated rings. The minimum Gasteiger partial charge on any atom is -0.378 e. The van der Waals surface area contributed by atoms with E-state index in [4.69, 9.17) is 17.0 Å². The molecule has 0 aliphatic carbocycles. The Morgan fingerprint density at radius 2 is 1.87 bits per heavy atom. The molecule has 0 spiro atoms. The van der Waals surface area contributed by atoms with Crippen LogP contribution in [-0.2, 0) is 4.74 Å². The normalized spacial score (nSPS) is 21.7. The van der Waals surface area contributed by atoms with Gasteiger partial charge in [-0.05, 0) is 70.6 Å². The number of thiophene rings is 1. The van der Waals surface area contributed by atoms with Crippen molar-refractivity contribution >= 4 is 56.0 Å². The molecule has 154 valence electrons. The highest BCUT2D eigenvalue weighted by atomic mass is 79.9. The monoisotopic (exact) mass is 500 g/mol. The maximum absolute atomic E-state index is 5.79. The van der Waals surface area contributed by atoms with E-state index in [-0.39, 0.29) is 12.1 Å². The van der Waals surface area contributed by atoms with E-state index in [9.17, 15) is 0 Å². The molecule has 2 aliphatic heterocycles. The predicted octanol–water partition coefficient (Wildman–Crippen LogP) is 4.92. The van der Waals surface area contributed by atoms with Gasteiger partial charge in [-0.1, -0.05) is 6.07 Å². The maximum atomic E-state index is 5.79. The highest BCUT2D eigenvalue weighted by Crippen LogP contribution is 2.44. The van der Waals surface area contributed by atoms with Gasteiger partial charge in [0.1, 0.15) is 0 Å². The van der Waals surface area contributed by atoms with E-state index >= 15 is 0 Å². The first-order chi connectivity index (χ1) is 14.7. The topological polar surface area (TPSA) is 40.6 Å². The predicted molar refractivity (Wildman–Crippen MR) is 129 cm³/mol. The molecule has 2 saturated heterocycles. The van der Waals surface area contributed by atoms with Gasteiger partial charge in [0.25, 0.3) is 0 Å². The maximum Gasteiger partial charge on any atom is 0.174 e. The highest BCUT2D eigenvalue weighted by molar-refractivity contribution is 9.10. The van der Waals surface area contributed by atoms with Crippen LogP contribution in [0.15, 0.2) is 64.6 Å². The van der Waals surface area contributed by atoms with E-state index in [1.165, 1.54) is 10.6 Å². The van der Waals surface area contributed by atoms with Crippen LogP contribution in [-0.4, -0.2) is 36.4 Å². The van der Waals surface area contributed by atoms with Crippen LogP contribution in [0.4, 0.5) is 11.4 Å². The van der Waals surface area contributed by atoms with E-state index in [0.717, 1.165) is 47.3 Å². The molecule has 2 aromatic heterocycles. The second-order valence-electron chi connectivity index (χ2n) is 7.28. The summed E-state index contributed by atoms with van der Waals surface area (Å²) in [4.78, 5) is 10.4. The number of pyridine rings is 1. The Morgan fingerprint density at radius 1 is 1.10 bits per heavy atom. The van der Waals surface area contributed by atoms with Crippen molar-refractivity contribution in [2.24, 2.45) is 0 Å². The summed E-state index contributed by atoms with van der Waals surface area (Å²) in [5.74, 6) is 0. The van der Waals surface area contributed by atoms with Crippen molar-refractivity contribution in [1.82, 2.24) is 10.3 Å². The van der Waals surface area contributed by atoms with Crippen molar-refractivity contribution in [2.45, 2.75) is 12.1 Å². The molecule has 2 atom stereocenters. The van der Waals surface area contributed by atoms with Crippen LogP contribution in [0.1, 0.15) is 22.7 Å². The van der Waals surface area contributed by atoms with Crippen LogP contribution >= 0.6 is 39.5 Å². The van der Waals surface area contributed by atoms with E-state index in [2.05, 4.69) is 77.8 Å². The Labute approximate surface area is 193 Å². The lowest BCUT2D eigenvalue weighted by Gasteiger charge is -2.30. The Hall–Kier alpha value is -2.00. The standard InChI is InChI=1S/C22H21BrN4OS2/c23-15-13-19(30-14-15)21-20(18-3-1-2-8-24-18)25-22(29)27(21)17-6-4-16(5-7-17)26-9-11-28-12-10-26/h1-8,13-14,20-21H,9-12H2,(H,25,29)/t20-,21-/m0/s1. The van der Waals surface area contributed by atoms with Crippen molar-refractivity contribution in [3.63, 3.8) is 0 Å². The van der Waals surface area contributed by atoms with Crippen LogP contribution in [0.5, 0.6) is 0 Å². The summed E-state index contributed by atoms with van der Waals surface area (Å²) in [6.45, 7) is 3.42. The lowest BCUT2D eigenvalue weighted by molar-refractivity contribution is 0.122. The molecule has 0 amide bonds. The number of halogens is 1. The molecule has 3 aromatic rings. The van der Waals surface area contributed by atoms with Gasteiger partial charge in [-0.2, -0.15) is 0 Å². The Kier molecular flexibility index (Phi) is 5.73. The van der Waals surface area contributed by atoms with Crippen LogP contribution in [0, 0.1) is 0 Å². The fraction of sp³-hybridized carbons (Fsp3) is 0.273. The first kappa shape index (κ1) is 19.9. The fourth-order valence-electron chi connectivity index (χ4n) is 4.05. The number of anilines is 2. The van der Waals surface area contributed by atoms with Gasteiger partial charge < -0.3 is 19.9 Å². The van der Waals surface area contributed by atoms with Crippen molar-refractivity contribution in [1.29, 1.82) is 0 Å². The summed E-state index contributed by atoms with van der Waals surface area (Å²) < 4.78 is 6.56. The molecule has 30 heavy (non-hydrogen) atoms. The molecule has 0 unspecified atom stereocenters. The van der Waals surface area contributed by atoms with E-state index in [0.29, 0.717) is 0 Å². The number of hydrogen-bond acceptors (Lipinski definition) is 5. The third kappa shape index (κ3) is 3.85. The van der Waals surface area contributed by atoms with Crippen LogP contribution in [0.3, 0.4) is 0 Å². The van der Waals surface area contributed by atoms with Crippen LogP contribution < -0.4 is 15.1 Å². The molecule has 2 aliphatic rings.